The summed E-state index contributed by atoms with van der Waals surface area (Å²) >= 11 is 0.398. The molecule has 6 heteroatoms. The quantitative estimate of drug-likeness (QED) is 0.702. The molecule has 0 aliphatic carbocycles. The number of para-hydroxylation sites is 1. The molecule has 2 aromatic carbocycles. The van der Waals surface area contributed by atoms with Crippen molar-refractivity contribution in [2.45, 2.75) is 30.4 Å². The van der Waals surface area contributed by atoms with Crippen LogP contribution in [0.2, 0.25) is 0 Å². The molecule has 0 aliphatic rings. The van der Waals surface area contributed by atoms with E-state index in [2.05, 4.69) is 19.2 Å². The maximum absolute atomic E-state index is 12.5. The van der Waals surface area contributed by atoms with Gasteiger partial charge in [-0.15, -0.1) is 0 Å². The van der Waals surface area contributed by atoms with Gasteiger partial charge in [-0.2, -0.15) is 8.78 Å². The van der Waals surface area contributed by atoms with Crippen LogP contribution < -0.4 is 10.1 Å². The Hall–Kier alpha value is -2.08. The molecule has 1 N–H and O–H groups in total. The molecule has 0 heterocycles. The number of thioether (sulfide) groups is 1. The average Bonchev–Trinajstić information content (AvgIpc) is 2.54. The number of hydrogen-bond acceptors (Lipinski definition) is 3. The molecular weight excluding hydrogens is 332 g/mol. The summed E-state index contributed by atoms with van der Waals surface area (Å²) in [6, 6.07) is 14.0. The smallest absolute Gasteiger partial charge is 0.288 e. The summed E-state index contributed by atoms with van der Waals surface area (Å²) < 4.78 is 30.6. The molecule has 0 aromatic heterocycles. The maximum atomic E-state index is 12.5. The van der Waals surface area contributed by atoms with E-state index < -0.39 is 11.7 Å². The number of carbonyl (C=O) groups is 1. The van der Waals surface area contributed by atoms with Gasteiger partial charge in [0.25, 0.3) is 11.7 Å². The molecule has 24 heavy (non-hydrogen) atoms. The zero-order chi connectivity index (χ0) is 17.5. The van der Waals surface area contributed by atoms with Crippen LogP contribution in [0.25, 0.3) is 0 Å². The van der Waals surface area contributed by atoms with E-state index in [9.17, 15) is 13.6 Å². The number of nitrogens with one attached hydrogen (secondary N) is 1. The second-order valence-electron chi connectivity index (χ2n) is 5.44. The zero-order valence-corrected chi connectivity index (χ0v) is 14.3. The average molecular weight is 351 g/mol. The molecule has 0 radical (unpaired) electrons. The van der Waals surface area contributed by atoms with Crippen molar-refractivity contribution in [1.82, 2.24) is 0 Å². The Morgan fingerprint density at radius 1 is 1.17 bits per heavy atom. The Balaban J connectivity index is 1.96. The van der Waals surface area contributed by atoms with E-state index in [0.717, 1.165) is 5.56 Å². The number of ether oxygens (including phenoxy) is 1. The lowest BCUT2D eigenvalue weighted by Crippen LogP contribution is -2.20. The molecule has 0 fully saturated rings. The van der Waals surface area contributed by atoms with Crippen LogP contribution in [0.15, 0.2) is 53.4 Å². The number of rotatable bonds is 7. The fraction of sp³-hybridized carbons (Fsp3) is 0.278. The van der Waals surface area contributed by atoms with Crippen molar-refractivity contribution in [3.63, 3.8) is 0 Å². The minimum atomic E-state index is -2.54. The third-order valence-electron chi connectivity index (χ3n) is 3.27. The van der Waals surface area contributed by atoms with Gasteiger partial charge in [0.15, 0.2) is 6.61 Å². The highest BCUT2D eigenvalue weighted by Gasteiger charge is 2.12. The van der Waals surface area contributed by atoms with E-state index in [-0.39, 0.29) is 6.61 Å². The molecule has 0 unspecified atom stereocenters. The Labute approximate surface area is 144 Å². The maximum Gasteiger partial charge on any atom is 0.288 e. The lowest BCUT2D eigenvalue weighted by molar-refractivity contribution is -0.118. The number of hydrogen-bond donors (Lipinski definition) is 1. The summed E-state index contributed by atoms with van der Waals surface area (Å²) in [6.07, 6.45) is 0. The molecule has 0 aliphatic heterocycles. The first kappa shape index (κ1) is 18.3. The highest BCUT2D eigenvalue weighted by Crippen LogP contribution is 2.31. The predicted molar refractivity (Wildman–Crippen MR) is 93.0 cm³/mol. The molecular formula is C18H19F2NO2S. The van der Waals surface area contributed by atoms with Gasteiger partial charge >= 0.3 is 0 Å². The zero-order valence-electron chi connectivity index (χ0n) is 13.5. The Morgan fingerprint density at radius 2 is 1.92 bits per heavy atom. The lowest BCUT2D eigenvalue weighted by Gasteiger charge is -2.12. The number of amides is 1. The van der Waals surface area contributed by atoms with E-state index in [4.69, 9.17) is 4.74 Å². The number of benzene rings is 2. The molecule has 0 atom stereocenters. The van der Waals surface area contributed by atoms with Crippen LogP contribution in [0, 0.1) is 0 Å². The first-order valence-electron chi connectivity index (χ1n) is 7.52. The minimum Gasteiger partial charge on any atom is -0.484 e. The number of halogens is 2. The predicted octanol–water partition coefficient (Wildman–Crippen LogP) is 5.14. The van der Waals surface area contributed by atoms with E-state index in [1.54, 1.807) is 30.3 Å². The van der Waals surface area contributed by atoms with Crippen molar-refractivity contribution < 1.29 is 18.3 Å². The van der Waals surface area contributed by atoms with Crippen LogP contribution in [-0.4, -0.2) is 18.3 Å². The normalized spacial score (nSPS) is 10.9. The second-order valence-corrected chi connectivity index (χ2v) is 6.47. The first-order valence-corrected chi connectivity index (χ1v) is 8.40. The van der Waals surface area contributed by atoms with Gasteiger partial charge in [-0.3, -0.25) is 4.79 Å². The molecule has 128 valence electrons. The molecule has 2 aromatic rings. The van der Waals surface area contributed by atoms with Crippen molar-refractivity contribution in [2.24, 2.45) is 0 Å². The summed E-state index contributed by atoms with van der Waals surface area (Å²) in [7, 11) is 0. The van der Waals surface area contributed by atoms with Gasteiger partial charge in [-0.05, 0) is 35.7 Å². The van der Waals surface area contributed by atoms with Crippen molar-refractivity contribution in [3.05, 3.63) is 54.1 Å². The SMILES string of the molecule is CC(C)c1cccc(OCC(=O)Nc2ccccc2SC(F)F)c1. The van der Waals surface area contributed by atoms with Gasteiger partial charge in [0.1, 0.15) is 5.75 Å². The Bertz CT molecular complexity index is 692. The number of alkyl halides is 2. The van der Waals surface area contributed by atoms with Gasteiger partial charge < -0.3 is 10.1 Å². The van der Waals surface area contributed by atoms with Crippen molar-refractivity contribution in [1.29, 1.82) is 0 Å². The highest BCUT2D eigenvalue weighted by molar-refractivity contribution is 7.99. The standard InChI is InChI=1S/C18H19F2NO2S/c1-12(2)13-6-5-7-14(10-13)23-11-17(22)21-15-8-3-4-9-16(15)24-18(19)20/h3-10,12,18H,11H2,1-2H3,(H,21,22). The molecule has 0 saturated heterocycles. The largest absolute Gasteiger partial charge is 0.484 e. The molecule has 0 bridgehead atoms. The summed E-state index contributed by atoms with van der Waals surface area (Å²) in [6.45, 7) is 3.96. The van der Waals surface area contributed by atoms with Crippen molar-refractivity contribution in [2.75, 3.05) is 11.9 Å². The first-order chi connectivity index (χ1) is 11.5. The van der Waals surface area contributed by atoms with Gasteiger partial charge in [0.2, 0.25) is 0 Å². The fourth-order valence-electron chi connectivity index (χ4n) is 2.07. The third kappa shape index (κ3) is 5.53. The van der Waals surface area contributed by atoms with E-state index in [1.165, 1.54) is 0 Å². The van der Waals surface area contributed by atoms with Crippen LogP contribution in [0.3, 0.4) is 0 Å². The van der Waals surface area contributed by atoms with Gasteiger partial charge in [0, 0.05) is 4.90 Å². The van der Waals surface area contributed by atoms with E-state index in [0.29, 0.717) is 34.0 Å². The van der Waals surface area contributed by atoms with Crippen LogP contribution in [0.5, 0.6) is 5.75 Å². The van der Waals surface area contributed by atoms with Crippen LogP contribution >= 0.6 is 11.8 Å². The van der Waals surface area contributed by atoms with Crippen LogP contribution in [-0.2, 0) is 4.79 Å². The fourth-order valence-corrected chi connectivity index (χ4v) is 2.66. The van der Waals surface area contributed by atoms with Crippen molar-refractivity contribution >= 4 is 23.4 Å². The minimum absolute atomic E-state index is 0.185. The molecule has 0 saturated carbocycles. The number of carbonyl (C=O) groups excluding carboxylic acids is 1. The van der Waals surface area contributed by atoms with Crippen LogP contribution in [0.1, 0.15) is 25.3 Å². The summed E-state index contributed by atoms with van der Waals surface area (Å²) in [5.74, 6) is -1.97. The highest BCUT2D eigenvalue weighted by atomic mass is 32.2. The van der Waals surface area contributed by atoms with E-state index >= 15 is 0 Å². The van der Waals surface area contributed by atoms with Gasteiger partial charge in [-0.1, -0.05) is 49.9 Å². The summed E-state index contributed by atoms with van der Waals surface area (Å²) in [5.41, 5.74) is 1.47. The molecule has 0 spiro atoms. The molecule has 2 rings (SSSR count). The third-order valence-corrected chi connectivity index (χ3v) is 4.06. The monoisotopic (exact) mass is 351 g/mol. The Kier molecular flexibility index (Phi) is 6.61. The summed E-state index contributed by atoms with van der Waals surface area (Å²) in [5, 5.41) is 2.61. The van der Waals surface area contributed by atoms with Crippen molar-refractivity contribution in [3.8, 4) is 5.75 Å². The van der Waals surface area contributed by atoms with Crippen LogP contribution in [0.4, 0.5) is 14.5 Å². The second kappa shape index (κ2) is 8.68. The Morgan fingerprint density at radius 3 is 2.62 bits per heavy atom. The summed E-state index contributed by atoms with van der Waals surface area (Å²) in [4.78, 5) is 12.3. The van der Waals surface area contributed by atoms with Gasteiger partial charge in [-0.25, -0.2) is 0 Å². The molecule has 3 nitrogen and oxygen atoms in total. The topological polar surface area (TPSA) is 38.3 Å². The number of anilines is 1. The van der Waals surface area contributed by atoms with Gasteiger partial charge in [0.05, 0.1) is 5.69 Å². The lowest BCUT2D eigenvalue weighted by atomic mass is 10.0. The van der Waals surface area contributed by atoms with E-state index in [1.807, 2.05) is 18.2 Å². The molecule has 1 amide bonds.